The van der Waals surface area contributed by atoms with Crippen molar-refractivity contribution >= 4 is 28.5 Å². The van der Waals surface area contributed by atoms with E-state index in [9.17, 15) is 14.7 Å². The number of carbonyl (C=O) groups excluding carboxylic acids is 1. The third-order valence-corrected chi connectivity index (χ3v) is 4.35. The third-order valence-electron chi connectivity index (χ3n) is 4.35. The van der Waals surface area contributed by atoms with E-state index in [1.807, 2.05) is 30.3 Å². The van der Waals surface area contributed by atoms with Gasteiger partial charge in [0.2, 0.25) is 0 Å². The number of aromatic carboxylic acids is 1. The van der Waals surface area contributed by atoms with Crippen LogP contribution in [0.15, 0.2) is 85.1 Å². The van der Waals surface area contributed by atoms with E-state index in [1.165, 1.54) is 6.07 Å². The van der Waals surface area contributed by atoms with Gasteiger partial charge in [0.1, 0.15) is 11.3 Å². The van der Waals surface area contributed by atoms with E-state index in [1.54, 1.807) is 48.7 Å². The summed E-state index contributed by atoms with van der Waals surface area (Å²) in [4.78, 5) is 28.1. The Morgan fingerprint density at radius 3 is 2.41 bits per heavy atom. The standard InChI is InChI=1S/C23H16N2O4/c26-22(25-19-8-2-1-7-18(19)23(27)28)16-10-12-17(13-11-16)29-20-9-3-5-15-6-4-14-24-21(15)20/h1-14H,(H,25,26)(H,27,28). The number of carbonyl (C=O) groups is 2. The number of hydrogen-bond acceptors (Lipinski definition) is 4. The fourth-order valence-corrected chi connectivity index (χ4v) is 2.93. The molecule has 142 valence electrons. The van der Waals surface area contributed by atoms with Gasteiger partial charge in [-0.2, -0.15) is 0 Å². The van der Waals surface area contributed by atoms with Crippen LogP contribution in [0.5, 0.6) is 11.5 Å². The lowest BCUT2D eigenvalue weighted by Crippen LogP contribution is -2.14. The predicted molar refractivity (Wildman–Crippen MR) is 110 cm³/mol. The van der Waals surface area contributed by atoms with Crippen molar-refractivity contribution in [2.45, 2.75) is 0 Å². The maximum absolute atomic E-state index is 12.5. The molecule has 0 saturated heterocycles. The average Bonchev–Trinajstić information content (AvgIpc) is 2.75. The molecule has 6 nitrogen and oxygen atoms in total. The summed E-state index contributed by atoms with van der Waals surface area (Å²) in [6.07, 6.45) is 1.71. The molecule has 29 heavy (non-hydrogen) atoms. The van der Waals surface area contributed by atoms with Gasteiger partial charge in [0.15, 0.2) is 5.75 Å². The number of rotatable bonds is 5. The number of anilines is 1. The highest BCUT2D eigenvalue weighted by molar-refractivity contribution is 6.07. The maximum atomic E-state index is 12.5. The molecule has 1 aromatic heterocycles. The normalized spacial score (nSPS) is 10.5. The number of nitrogens with zero attached hydrogens (tertiary/aromatic N) is 1. The van der Waals surface area contributed by atoms with Crippen LogP contribution in [0.25, 0.3) is 10.9 Å². The highest BCUT2D eigenvalue weighted by Crippen LogP contribution is 2.28. The van der Waals surface area contributed by atoms with Crippen molar-refractivity contribution in [2.24, 2.45) is 0 Å². The van der Waals surface area contributed by atoms with Gasteiger partial charge in [-0.25, -0.2) is 4.79 Å². The highest BCUT2D eigenvalue weighted by Gasteiger charge is 2.13. The Kier molecular flexibility index (Phi) is 4.90. The number of hydrogen-bond donors (Lipinski definition) is 2. The SMILES string of the molecule is O=C(Nc1ccccc1C(=O)O)c1ccc(Oc2cccc3cccnc23)cc1. The van der Waals surface area contributed by atoms with E-state index < -0.39 is 11.9 Å². The fourth-order valence-electron chi connectivity index (χ4n) is 2.93. The Morgan fingerprint density at radius 1 is 0.862 bits per heavy atom. The molecule has 0 saturated carbocycles. The van der Waals surface area contributed by atoms with Crippen molar-refractivity contribution in [3.05, 3.63) is 96.2 Å². The van der Waals surface area contributed by atoms with Gasteiger partial charge in [-0.1, -0.05) is 30.3 Å². The molecule has 0 fully saturated rings. The first-order valence-corrected chi connectivity index (χ1v) is 8.87. The largest absolute Gasteiger partial charge is 0.478 e. The zero-order valence-corrected chi connectivity index (χ0v) is 15.2. The Morgan fingerprint density at radius 2 is 1.62 bits per heavy atom. The van der Waals surface area contributed by atoms with Gasteiger partial charge < -0.3 is 15.2 Å². The number of carboxylic acid groups (broad SMARTS) is 1. The lowest BCUT2D eigenvalue weighted by Gasteiger charge is -2.10. The van der Waals surface area contributed by atoms with Crippen LogP contribution in [0.2, 0.25) is 0 Å². The minimum atomic E-state index is -1.10. The Balaban J connectivity index is 1.52. The molecule has 0 aliphatic carbocycles. The first kappa shape index (κ1) is 18.2. The number of pyridine rings is 1. The predicted octanol–water partition coefficient (Wildman–Crippen LogP) is 4.98. The number of aromatic nitrogens is 1. The van der Waals surface area contributed by atoms with E-state index in [4.69, 9.17) is 4.74 Å². The van der Waals surface area contributed by atoms with Gasteiger partial charge in [-0.3, -0.25) is 9.78 Å². The van der Waals surface area contributed by atoms with E-state index in [2.05, 4.69) is 10.3 Å². The first-order chi connectivity index (χ1) is 14.1. The smallest absolute Gasteiger partial charge is 0.337 e. The number of para-hydroxylation sites is 2. The zero-order chi connectivity index (χ0) is 20.2. The molecule has 1 heterocycles. The van der Waals surface area contributed by atoms with Crippen molar-refractivity contribution < 1.29 is 19.4 Å². The molecule has 6 heteroatoms. The summed E-state index contributed by atoms with van der Waals surface area (Å²) in [5.41, 5.74) is 1.41. The quantitative estimate of drug-likeness (QED) is 0.507. The van der Waals surface area contributed by atoms with Gasteiger partial charge in [-0.15, -0.1) is 0 Å². The maximum Gasteiger partial charge on any atom is 0.337 e. The summed E-state index contributed by atoms with van der Waals surface area (Å²) in [6.45, 7) is 0. The minimum Gasteiger partial charge on any atom is -0.478 e. The van der Waals surface area contributed by atoms with E-state index in [0.29, 0.717) is 17.1 Å². The second kappa shape index (κ2) is 7.82. The van der Waals surface area contributed by atoms with Gasteiger partial charge in [-0.05, 0) is 48.5 Å². The number of benzene rings is 3. The van der Waals surface area contributed by atoms with Crippen LogP contribution >= 0.6 is 0 Å². The van der Waals surface area contributed by atoms with Crippen LogP contribution < -0.4 is 10.1 Å². The number of carboxylic acids is 1. The molecule has 0 unspecified atom stereocenters. The second-order valence-corrected chi connectivity index (χ2v) is 6.26. The highest BCUT2D eigenvalue weighted by atomic mass is 16.5. The van der Waals surface area contributed by atoms with Gasteiger partial charge in [0, 0.05) is 17.1 Å². The Hall–Kier alpha value is -4.19. The van der Waals surface area contributed by atoms with Crippen molar-refractivity contribution in [2.75, 3.05) is 5.32 Å². The minimum absolute atomic E-state index is 0.0317. The molecule has 0 atom stereocenters. The molecule has 0 spiro atoms. The topological polar surface area (TPSA) is 88.5 Å². The van der Waals surface area contributed by atoms with Crippen molar-refractivity contribution in [3.63, 3.8) is 0 Å². The van der Waals surface area contributed by atoms with E-state index >= 15 is 0 Å². The summed E-state index contributed by atoms with van der Waals surface area (Å²) >= 11 is 0. The molecule has 1 amide bonds. The van der Waals surface area contributed by atoms with Gasteiger partial charge in [0.25, 0.3) is 5.91 Å². The third kappa shape index (κ3) is 3.91. The number of fused-ring (bicyclic) bond motifs is 1. The molecule has 0 radical (unpaired) electrons. The lowest BCUT2D eigenvalue weighted by molar-refractivity contribution is 0.0698. The molecular weight excluding hydrogens is 368 g/mol. The molecular formula is C23H16N2O4. The number of nitrogens with one attached hydrogen (secondary N) is 1. The number of ether oxygens (including phenoxy) is 1. The Bertz CT molecular complexity index is 1200. The Labute approximate surface area is 166 Å². The summed E-state index contributed by atoms with van der Waals surface area (Å²) in [7, 11) is 0. The van der Waals surface area contributed by atoms with Crippen LogP contribution in [-0.4, -0.2) is 22.0 Å². The molecule has 4 rings (SSSR count). The van der Waals surface area contributed by atoms with E-state index in [0.717, 1.165) is 10.9 Å². The molecule has 2 N–H and O–H groups in total. The average molecular weight is 384 g/mol. The van der Waals surface area contributed by atoms with Crippen LogP contribution in [-0.2, 0) is 0 Å². The molecule has 4 aromatic rings. The molecule has 0 aliphatic heterocycles. The number of amides is 1. The van der Waals surface area contributed by atoms with Crippen molar-refractivity contribution in [1.82, 2.24) is 4.98 Å². The molecule has 0 bridgehead atoms. The van der Waals surface area contributed by atoms with Crippen LogP contribution in [0.3, 0.4) is 0 Å². The summed E-state index contributed by atoms with van der Waals surface area (Å²) in [5.74, 6) is -0.327. The summed E-state index contributed by atoms with van der Waals surface area (Å²) in [5, 5.41) is 12.8. The summed E-state index contributed by atoms with van der Waals surface area (Å²) in [6, 6.07) is 22.3. The summed E-state index contributed by atoms with van der Waals surface area (Å²) < 4.78 is 5.92. The monoisotopic (exact) mass is 384 g/mol. The zero-order valence-electron chi connectivity index (χ0n) is 15.2. The van der Waals surface area contributed by atoms with Crippen molar-refractivity contribution in [3.8, 4) is 11.5 Å². The van der Waals surface area contributed by atoms with Crippen LogP contribution in [0, 0.1) is 0 Å². The molecule has 3 aromatic carbocycles. The van der Waals surface area contributed by atoms with Gasteiger partial charge >= 0.3 is 5.97 Å². The first-order valence-electron chi connectivity index (χ1n) is 8.87. The fraction of sp³-hybridized carbons (Fsp3) is 0. The lowest BCUT2D eigenvalue weighted by atomic mass is 10.1. The van der Waals surface area contributed by atoms with Crippen molar-refractivity contribution in [1.29, 1.82) is 0 Å². The van der Waals surface area contributed by atoms with E-state index in [-0.39, 0.29) is 11.3 Å². The second-order valence-electron chi connectivity index (χ2n) is 6.26. The van der Waals surface area contributed by atoms with Gasteiger partial charge in [0.05, 0.1) is 11.3 Å². The molecule has 0 aliphatic rings. The van der Waals surface area contributed by atoms with Crippen LogP contribution in [0.1, 0.15) is 20.7 Å². The van der Waals surface area contributed by atoms with Crippen LogP contribution in [0.4, 0.5) is 5.69 Å².